The highest BCUT2D eigenvalue weighted by Gasteiger charge is 2.27. The van der Waals surface area contributed by atoms with Crippen molar-refractivity contribution in [3.05, 3.63) is 47.3 Å². The predicted molar refractivity (Wildman–Crippen MR) is 99.4 cm³/mol. The molecule has 0 aliphatic carbocycles. The molecule has 0 spiro atoms. The number of rotatable bonds is 5. The molecule has 0 unspecified atom stereocenters. The summed E-state index contributed by atoms with van der Waals surface area (Å²) in [5.41, 5.74) is 4.04. The van der Waals surface area contributed by atoms with Crippen molar-refractivity contribution in [1.29, 1.82) is 0 Å². The molecule has 0 atom stereocenters. The van der Waals surface area contributed by atoms with E-state index in [0.29, 0.717) is 0 Å². The molecule has 1 N–H and O–H groups in total. The van der Waals surface area contributed by atoms with Crippen molar-refractivity contribution >= 4 is 5.91 Å². The summed E-state index contributed by atoms with van der Waals surface area (Å²) in [6.07, 6.45) is 3.60. The molecule has 3 rings (SSSR count). The normalized spacial score (nSPS) is 15.6. The molecule has 1 saturated heterocycles. The summed E-state index contributed by atoms with van der Waals surface area (Å²) in [6.45, 7) is 11.3. The maximum atomic E-state index is 13.1. The number of carbonyl (C=O) groups is 1. The van der Waals surface area contributed by atoms with Gasteiger partial charge in [0.2, 0.25) is 0 Å². The number of nitrogens with zero attached hydrogens (tertiary/aromatic N) is 3. The Kier molecular flexibility index (Phi) is 5.53. The zero-order chi connectivity index (χ0) is 17.8. The summed E-state index contributed by atoms with van der Waals surface area (Å²) in [7, 11) is 0. The van der Waals surface area contributed by atoms with Gasteiger partial charge in [0.05, 0.1) is 55.9 Å². The maximum Gasteiger partial charge on any atom is 0.257 e. The first-order valence-electron chi connectivity index (χ1n) is 9.40. The summed E-state index contributed by atoms with van der Waals surface area (Å²) >= 11 is 0. The molecule has 25 heavy (non-hydrogen) atoms. The van der Waals surface area contributed by atoms with Gasteiger partial charge in [-0.15, -0.1) is 0 Å². The molecule has 1 amide bonds. The summed E-state index contributed by atoms with van der Waals surface area (Å²) in [5, 5.41) is 4.55. The molecule has 1 aromatic carbocycles. The van der Waals surface area contributed by atoms with Crippen LogP contribution in [-0.2, 0) is 6.42 Å². The van der Waals surface area contributed by atoms with E-state index in [1.54, 1.807) is 11.1 Å². The van der Waals surface area contributed by atoms with Crippen LogP contribution in [0.3, 0.4) is 0 Å². The van der Waals surface area contributed by atoms with Gasteiger partial charge in [-0.2, -0.15) is 5.10 Å². The van der Waals surface area contributed by atoms with Gasteiger partial charge in [0.25, 0.3) is 5.91 Å². The Morgan fingerprint density at radius 1 is 1.16 bits per heavy atom. The first kappa shape index (κ1) is 17.7. The summed E-state index contributed by atoms with van der Waals surface area (Å²) in [5.74, 6) is 0.136. The SMILES string of the molecule is CCCc1c(C(=O)N2CC[NH+](CC)CC2)cnn1-c1ccc(C)cc1. The van der Waals surface area contributed by atoms with Crippen LogP contribution in [0.1, 0.15) is 41.9 Å². The fourth-order valence-corrected chi connectivity index (χ4v) is 3.49. The van der Waals surface area contributed by atoms with E-state index in [1.165, 1.54) is 5.56 Å². The molecule has 134 valence electrons. The Balaban J connectivity index is 1.86. The number of quaternary nitrogens is 1. The van der Waals surface area contributed by atoms with Crippen LogP contribution >= 0.6 is 0 Å². The molecule has 1 aliphatic heterocycles. The Morgan fingerprint density at radius 2 is 1.84 bits per heavy atom. The molecule has 0 saturated carbocycles. The molecule has 1 aliphatic rings. The highest BCUT2D eigenvalue weighted by atomic mass is 16.2. The lowest BCUT2D eigenvalue weighted by Gasteiger charge is -2.31. The lowest BCUT2D eigenvalue weighted by atomic mass is 10.1. The molecular weight excluding hydrogens is 312 g/mol. The summed E-state index contributed by atoms with van der Waals surface area (Å²) in [6, 6.07) is 8.31. The molecule has 2 heterocycles. The number of aryl methyl sites for hydroxylation is 1. The van der Waals surface area contributed by atoms with Crippen LogP contribution in [0, 0.1) is 6.92 Å². The molecule has 0 bridgehead atoms. The zero-order valence-corrected chi connectivity index (χ0v) is 15.6. The summed E-state index contributed by atoms with van der Waals surface area (Å²) < 4.78 is 1.93. The Bertz CT molecular complexity index is 712. The number of likely N-dealkylation sites (N-methyl/N-ethyl adjacent to an activating group) is 1. The third kappa shape index (κ3) is 3.76. The van der Waals surface area contributed by atoms with Crippen LogP contribution in [0.5, 0.6) is 0 Å². The van der Waals surface area contributed by atoms with E-state index in [0.717, 1.165) is 62.5 Å². The molecule has 0 radical (unpaired) electrons. The smallest absolute Gasteiger partial charge is 0.257 e. The fourth-order valence-electron chi connectivity index (χ4n) is 3.49. The van der Waals surface area contributed by atoms with Gasteiger partial charge in [0.1, 0.15) is 0 Å². The van der Waals surface area contributed by atoms with Gasteiger partial charge in [-0.1, -0.05) is 31.0 Å². The standard InChI is InChI=1S/C20H28N4O/c1-4-6-19-18(20(25)23-13-11-22(5-2)12-14-23)15-21-24(19)17-9-7-16(3)8-10-17/h7-10,15H,4-6,11-14H2,1-3H3/p+1. The van der Waals surface area contributed by atoms with Crippen molar-refractivity contribution in [3.63, 3.8) is 0 Å². The number of amides is 1. The zero-order valence-electron chi connectivity index (χ0n) is 15.6. The van der Waals surface area contributed by atoms with E-state index >= 15 is 0 Å². The highest BCUT2D eigenvalue weighted by Crippen LogP contribution is 2.19. The second-order valence-electron chi connectivity index (χ2n) is 6.90. The second kappa shape index (κ2) is 7.83. The minimum atomic E-state index is 0.136. The van der Waals surface area contributed by atoms with Crippen LogP contribution in [-0.4, -0.2) is 53.3 Å². The Labute approximate surface area is 150 Å². The quantitative estimate of drug-likeness (QED) is 0.895. The van der Waals surface area contributed by atoms with Crippen LogP contribution < -0.4 is 4.90 Å². The first-order valence-corrected chi connectivity index (χ1v) is 9.40. The number of benzene rings is 1. The van der Waals surface area contributed by atoms with Crippen molar-refractivity contribution in [3.8, 4) is 5.69 Å². The van der Waals surface area contributed by atoms with Crippen LogP contribution in [0.4, 0.5) is 0 Å². The average molecular weight is 341 g/mol. The predicted octanol–water partition coefficient (Wildman–Crippen LogP) is 1.49. The maximum absolute atomic E-state index is 13.1. The lowest BCUT2D eigenvalue weighted by molar-refractivity contribution is -0.902. The van der Waals surface area contributed by atoms with Gasteiger partial charge in [0.15, 0.2) is 0 Å². The van der Waals surface area contributed by atoms with Crippen molar-refractivity contribution < 1.29 is 9.69 Å². The van der Waals surface area contributed by atoms with Gasteiger partial charge < -0.3 is 9.80 Å². The molecular formula is C20H29N4O+. The molecule has 1 fully saturated rings. The Morgan fingerprint density at radius 3 is 2.44 bits per heavy atom. The third-order valence-electron chi connectivity index (χ3n) is 5.12. The minimum absolute atomic E-state index is 0.136. The molecule has 1 aromatic heterocycles. The topological polar surface area (TPSA) is 42.6 Å². The molecule has 5 nitrogen and oxygen atoms in total. The average Bonchev–Trinajstić information content (AvgIpc) is 3.06. The van der Waals surface area contributed by atoms with E-state index in [1.807, 2.05) is 9.58 Å². The van der Waals surface area contributed by atoms with Crippen molar-refractivity contribution in [2.75, 3.05) is 32.7 Å². The van der Waals surface area contributed by atoms with Gasteiger partial charge in [0, 0.05) is 0 Å². The number of piperazine rings is 1. The summed E-state index contributed by atoms with van der Waals surface area (Å²) in [4.78, 5) is 16.6. The van der Waals surface area contributed by atoms with Crippen LogP contribution in [0.15, 0.2) is 30.5 Å². The fraction of sp³-hybridized carbons (Fsp3) is 0.500. The number of aromatic nitrogens is 2. The van der Waals surface area contributed by atoms with Gasteiger partial charge in [-0.25, -0.2) is 4.68 Å². The molecule has 2 aromatic rings. The van der Waals surface area contributed by atoms with Crippen LogP contribution in [0.25, 0.3) is 5.69 Å². The van der Waals surface area contributed by atoms with E-state index in [-0.39, 0.29) is 5.91 Å². The van der Waals surface area contributed by atoms with E-state index in [9.17, 15) is 4.79 Å². The Hall–Kier alpha value is -2.14. The second-order valence-corrected chi connectivity index (χ2v) is 6.90. The van der Waals surface area contributed by atoms with Crippen LogP contribution in [0.2, 0.25) is 0 Å². The minimum Gasteiger partial charge on any atom is -0.332 e. The highest BCUT2D eigenvalue weighted by molar-refractivity contribution is 5.95. The van der Waals surface area contributed by atoms with Gasteiger partial charge in [-0.05, 0) is 32.4 Å². The third-order valence-corrected chi connectivity index (χ3v) is 5.12. The number of hydrogen-bond donors (Lipinski definition) is 1. The van der Waals surface area contributed by atoms with E-state index in [4.69, 9.17) is 0 Å². The number of carbonyl (C=O) groups excluding carboxylic acids is 1. The lowest BCUT2D eigenvalue weighted by Crippen LogP contribution is -3.14. The van der Waals surface area contributed by atoms with E-state index in [2.05, 4.69) is 50.1 Å². The van der Waals surface area contributed by atoms with Crippen molar-refractivity contribution in [2.45, 2.75) is 33.6 Å². The van der Waals surface area contributed by atoms with Crippen molar-refractivity contribution in [1.82, 2.24) is 14.7 Å². The van der Waals surface area contributed by atoms with Gasteiger partial charge in [-0.3, -0.25) is 4.79 Å². The van der Waals surface area contributed by atoms with Gasteiger partial charge >= 0.3 is 0 Å². The number of nitrogens with one attached hydrogen (secondary N) is 1. The first-order chi connectivity index (χ1) is 12.1. The van der Waals surface area contributed by atoms with E-state index < -0.39 is 0 Å². The largest absolute Gasteiger partial charge is 0.332 e. The number of hydrogen-bond acceptors (Lipinski definition) is 2. The molecule has 5 heteroatoms. The van der Waals surface area contributed by atoms with Crippen molar-refractivity contribution in [2.24, 2.45) is 0 Å². The monoisotopic (exact) mass is 341 g/mol.